The van der Waals surface area contributed by atoms with Crippen molar-refractivity contribution in [1.29, 1.82) is 0 Å². The van der Waals surface area contributed by atoms with Crippen molar-refractivity contribution in [1.82, 2.24) is 4.90 Å². The molecule has 3 nitrogen and oxygen atoms in total. The highest BCUT2D eigenvalue weighted by molar-refractivity contribution is 9.10. The van der Waals surface area contributed by atoms with E-state index in [9.17, 15) is 18.4 Å². The summed E-state index contributed by atoms with van der Waals surface area (Å²) in [6.07, 6.45) is 0.581. The van der Waals surface area contributed by atoms with Crippen molar-refractivity contribution in [2.75, 3.05) is 0 Å². The van der Waals surface area contributed by atoms with Gasteiger partial charge in [0.2, 0.25) is 11.8 Å². The second-order valence-corrected chi connectivity index (χ2v) is 5.39. The molecule has 2 atom stereocenters. The molecule has 0 spiro atoms. The summed E-state index contributed by atoms with van der Waals surface area (Å²) in [7, 11) is 0. The van der Waals surface area contributed by atoms with Crippen LogP contribution in [0.15, 0.2) is 16.6 Å². The number of likely N-dealkylation sites (tertiary alicyclic amines) is 1. The smallest absolute Gasteiger partial charge is 0.233 e. The summed E-state index contributed by atoms with van der Waals surface area (Å²) in [6.45, 7) is -0.332. The molecule has 2 aliphatic rings. The SMILES string of the molecule is O=C1C2CC2C(=O)N1Cc1c(F)ccc(Br)c1F. The molecule has 0 bridgehead atoms. The first-order chi connectivity index (χ1) is 8.50. The number of carbonyl (C=O) groups is 2. The number of hydrogen-bond donors (Lipinski definition) is 0. The maximum atomic E-state index is 13.7. The van der Waals surface area contributed by atoms with E-state index in [1.165, 1.54) is 6.07 Å². The Bertz CT molecular complexity index is 555. The van der Waals surface area contributed by atoms with Gasteiger partial charge in [-0.05, 0) is 34.5 Å². The van der Waals surface area contributed by atoms with Gasteiger partial charge in [0, 0.05) is 5.56 Å². The number of rotatable bonds is 2. The first-order valence-corrected chi connectivity index (χ1v) is 6.27. The maximum absolute atomic E-state index is 13.7. The molecule has 1 aliphatic heterocycles. The number of halogens is 3. The van der Waals surface area contributed by atoms with Crippen molar-refractivity contribution in [2.24, 2.45) is 11.8 Å². The minimum absolute atomic E-state index is 0.114. The Kier molecular flexibility index (Phi) is 2.52. The van der Waals surface area contributed by atoms with E-state index in [2.05, 4.69) is 15.9 Å². The van der Waals surface area contributed by atoms with Crippen LogP contribution in [0.5, 0.6) is 0 Å². The second kappa shape index (κ2) is 3.85. The zero-order valence-electron chi connectivity index (χ0n) is 9.12. The van der Waals surface area contributed by atoms with Crippen molar-refractivity contribution in [3.8, 4) is 0 Å². The number of nitrogens with zero attached hydrogens (tertiary/aromatic N) is 1. The van der Waals surface area contributed by atoms with Gasteiger partial charge in [0.05, 0.1) is 22.9 Å². The lowest BCUT2D eigenvalue weighted by Crippen LogP contribution is -2.33. The molecule has 18 heavy (non-hydrogen) atoms. The minimum atomic E-state index is -0.767. The molecular weight excluding hydrogens is 308 g/mol. The highest BCUT2D eigenvalue weighted by Crippen LogP contribution is 2.47. The van der Waals surface area contributed by atoms with Gasteiger partial charge < -0.3 is 0 Å². The van der Waals surface area contributed by atoms with Gasteiger partial charge in [-0.2, -0.15) is 0 Å². The first kappa shape index (κ1) is 11.8. The molecule has 2 unspecified atom stereocenters. The summed E-state index contributed by atoms with van der Waals surface area (Å²) in [6, 6.07) is 2.35. The molecule has 3 rings (SSSR count). The number of piperidine rings is 1. The van der Waals surface area contributed by atoms with E-state index in [1.807, 2.05) is 0 Å². The summed E-state index contributed by atoms with van der Waals surface area (Å²) < 4.78 is 27.4. The highest BCUT2D eigenvalue weighted by atomic mass is 79.9. The van der Waals surface area contributed by atoms with Gasteiger partial charge in [0.25, 0.3) is 0 Å². The molecule has 1 aliphatic carbocycles. The monoisotopic (exact) mass is 315 g/mol. The lowest BCUT2D eigenvalue weighted by atomic mass is 10.2. The van der Waals surface area contributed by atoms with Gasteiger partial charge in [-0.3, -0.25) is 14.5 Å². The van der Waals surface area contributed by atoms with Crippen molar-refractivity contribution in [3.63, 3.8) is 0 Å². The Morgan fingerprint density at radius 3 is 2.44 bits per heavy atom. The predicted molar refractivity (Wildman–Crippen MR) is 61.2 cm³/mol. The molecule has 1 aromatic carbocycles. The fraction of sp³-hybridized carbons (Fsp3) is 0.333. The number of imide groups is 1. The number of hydrogen-bond acceptors (Lipinski definition) is 2. The van der Waals surface area contributed by atoms with E-state index in [4.69, 9.17) is 0 Å². The van der Waals surface area contributed by atoms with Crippen LogP contribution >= 0.6 is 15.9 Å². The van der Waals surface area contributed by atoms with Crippen molar-refractivity contribution < 1.29 is 18.4 Å². The summed E-state index contributed by atoms with van der Waals surface area (Å²) >= 11 is 2.95. The molecule has 1 heterocycles. The molecule has 1 aromatic rings. The molecule has 0 aromatic heterocycles. The summed E-state index contributed by atoms with van der Waals surface area (Å²) in [5.74, 6) is -2.66. The number of carbonyl (C=O) groups excluding carboxylic acids is 2. The van der Waals surface area contributed by atoms with Gasteiger partial charge in [-0.1, -0.05) is 0 Å². The van der Waals surface area contributed by atoms with Crippen LogP contribution in [0.1, 0.15) is 12.0 Å². The zero-order chi connectivity index (χ0) is 13.0. The Morgan fingerprint density at radius 2 is 1.83 bits per heavy atom. The number of benzene rings is 1. The van der Waals surface area contributed by atoms with E-state index in [0.29, 0.717) is 6.42 Å². The van der Waals surface area contributed by atoms with Crippen molar-refractivity contribution >= 4 is 27.7 Å². The largest absolute Gasteiger partial charge is 0.277 e. The fourth-order valence-electron chi connectivity index (χ4n) is 2.28. The topological polar surface area (TPSA) is 37.4 Å². The van der Waals surface area contributed by atoms with E-state index in [0.717, 1.165) is 11.0 Å². The van der Waals surface area contributed by atoms with Crippen LogP contribution in [0.2, 0.25) is 0 Å². The molecule has 6 heteroatoms. The van der Waals surface area contributed by atoms with Crippen LogP contribution in [0.3, 0.4) is 0 Å². The van der Waals surface area contributed by atoms with Gasteiger partial charge in [-0.15, -0.1) is 0 Å². The zero-order valence-corrected chi connectivity index (χ0v) is 10.7. The highest BCUT2D eigenvalue weighted by Gasteiger charge is 2.58. The Morgan fingerprint density at radius 1 is 1.22 bits per heavy atom. The number of amides is 2. The van der Waals surface area contributed by atoms with Crippen molar-refractivity contribution in [2.45, 2.75) is 13.0 Å². The molecule has 0 N–H and O–H groups in total. The maximum Gasteiger partial charge on any atom is 0.233 e. The molecule has 1 saturated heterocycles. The predicted octanol–water partition coefficient (Wildman–Crippen LogP) is 2.23. The first-order valence-electron chi connectivity index (χ1n) is 5.48. The standard InChI is InChI=1S/C12H8BrF2NO2/c13-8-1-2-9(14)7(10(8)15)4-16-11(17)5-3-6(5)12(16)18/h1-2,5-6H,3-4H2. The van der Waals surface area contributed by atoms with E-state index < -0.39 is 11.6 Å². The van der Waals surface area contributed by atoms with E-state index >= 15 is 0 Å². The van der Waals surface area contributed by atoms with Crippen LogP contribution < -0.4 is 0 Å². The Hall–Kier alpha value is -1.30. The van der Waals surface area contributed by atoms with Gasteiger partial charge >= 0.3 is 0 Å². The fourth-order valence-corrected chi connectivity index (χ4v) is 2.65. The average molecular weight is 316 g/mol. The van der Waals surface area contributed by atoms with Gasteiger partial charge in [0.1, 0.15) is 11.6 Å². The Balaban J connectivity index is 1.92. The summed E-state index contributed by atoms with van der Waals surface area (Å²) in [4.78, 5) is 24.4. The second-order valence-electron chi connectivity index (χ2n) is 4.53. The third-order valence-electron chi connectivity index (χ3n) is 3.41. The molecule has 0 radical (unpaired) electrons. The van der Waals surface area contributed by atoms with Crippen LogP contribution in [-0.4, -0.2) is 16.7 Å². The summed E-state index contributed by atoms with van der Waals surface area (Å²) in [5.41, 5.74) is -0.257. The van der Waals surface area contributed by atoms with E-state index in [-0.39, 0.29) is 40.2 Å². The number of fused-ring (bicyclic) bond motifs is 1. The van der Waals surface area contributed by atoms with E-state index in [1.54, 1.807) is 0 Å². The molecule has 2 fully saturated rings. The quantitative estimate of drug-likeness (QED) is 0.620. The summed E-state index contributed by atoms with van der Waals surface area (Å²) in [5, 5.41) is 0. The minimum Gasteiger partial charge on any atom is -0.277 e. The van der Waals surface area contributed by atoms with Crippen LogP contribution in [0, 0.1) is 23.5 Å². The molecule has 94 valence electrons. The van der Waals surface area contributed by atoms with Crippen LogP contribution in [-0.2, 0) is 16.1 Å². The molecule has 1 saturated carbocycles. The molecular formula is C12H8BrF2NO2. The average Bonchev–Trinajstić information content (AvgIpc) is 3.09. The molecule has 2 amide bonds. The van der Waals surface area contributed by atoms with Crippen molar-refractivity contribution in [3.05, 3.63) is 33.8 Å². The normalized spacial score (nSPS) is 25.6. The third-order valence-corrected chi connectivity index (χ3v) is 4.02. The lowest BCUT2D eigenvalue weighted by Gasteiger charge is -2.17. The van der Waals surface area contributed by atoms with Crippen LogP contribution in [0.25, 0.3) is 0 Å². The third kappa shape index (κ3) is 1.59. The lowest BCUT2D eigenvalue weighted by molar-refractivity contribution is -0.142. The van der Waals surface area contributed by atoms with Crippen LogP contribution in [0.4, 0.5) is 8.78 Å². The van der Waals surface area contributed by atoms with Gasteiger partial charge in [0.15, 0.2) is 0 Å². The van der Waals surface area contributed by atoms with Gasteiger partial charge in [-0.25, -0.2) is 8.78 Å². The Labute approximate surface area is 110 Å².